The minimum absolute atomic E-state index is 0.0272. The molecule has 0 aromatic heterocycles. The van der Waals surface area contributed by atoms with Crippen molar-refractivity contribution in [3.05, 3.63) is 35.4 Å². The molecule has 1 atom stereocenters. The van der Waals surface area contributed by atoms with Gasteiger partial charge in [0.05, 0.1) is 12.5 Å². The number of hydrogen-bond donors (Lipinski definition) is 2. The SMILES string of the molecule is CNC(=O)CNC(=O)C1CC(=O)N(Cc2ccc(C)cc2)C1. The van der Waals surface area contributed by atoms with Crippen LogP contribution < -0.4 is 10.6 Å². The average molecular weight is 303 g/mol. The zero-order valence-corrected chi connectivity index (χ0v) is 12.9. The third-order valence-corrected chi connectivity index (χ3v) is 3.78. The minimum Gasteiger partial charge on any atom is -0.358 e. The van der Waals surface area contributed by atoms with Crippen molar-refractivity contribution in [2.45, 2.75) is 19.9 Å². The molecule has 22 heavy (non-hydrogen) atoms. The number of rotatable bonds is 5. The molecule has 1 unspecified atom stereocenters. The summed E-state index contributed by atoms with van der Waals surface area (Å²) in [6, 6.07) is 7.98. The lowest BCUT2D eigenvalue weighted by molar-refractivity contribution is -0.129. The number of benzene rings is 1. The Morgan fingerprint density at radius 3 is 2.59 bits per heavy atom. The summed E-state index contributed by atoms with van der Waals surface area (Å²) >= 11 is 0. The summed E-state index contributed by atoms with van der Waals surface area (Å²) in [5.41, 5.74) is 2.22. The Balaban J connectivity index is 1.88. The predicted octanol–water partition coefficient (Wildman–Crippen LogP) is 0.206. The molecule has 0 spiro atoms. The first-order valence-electron chi connectivity index (χ1n) is 7.31. The average Bonchev–Trinajstić information content (AvgIpc) is 2.88. The molecular formula is C16H21N3O3. The fourth-order valence-electron chi connectivity index (χ4n) is 2.41. The van der Waals surface area contributed by atoms with Crippen molar-refractivity contribution in [3.8, 4) is 0 Å². The van der Waals surface area contributed by atoms with Gasteiger partial charge >= 0.3 is 0 Å². The number of likely N-dealkylation sites (N-methyl/N-ethyl adjacent to an activating group) is 1. The van der Waals surface area contributed by atoms with Crippen molar-refractivity contribution in [1.29, 1.82) is 0 Å². The molecule has 1 saturated heterocycles. The van der Waals surface area contributed by atoms with E-state index in [9.17, 15) is 14.4 Å². The van der Waals surface area contributed by atoms with Gasteiger partial charge in [0.15, 0.2) is 0 Å². The van der Waals surface area contributed by atoms with Gasteiger partial charge in [-0.1, -0.05) is 29.8 Å². The van der Waals surface area contributed by atoms with E-state index in [1.807, 2.05) is 31.2 Å². The van der Waals surface area contributed by atoms with Crippen LogP contribution in [0.3, 0.4) is 0 Å². The van der Waals surface area contributed by atoms with Crippen LogP contribution >= 0.6 is 0 Å². The van der Waals surface area contributed by atoms with Crippen molar-refractivity contribution >= 4 is 17.7 Å². The molecule has 1 aliphatic rings. The third kappa shape index (κ3) is 4.07. The highest BCUT2D eigenvalue weighted by molar-refractivity contribution is 5.91. The predicted molar refractivity (Wildman–Crippen MR) is 81.8 cm³/mol. The fourth-order valence-corrected chi connectivity index (χ4v) is 2.41. The molecule has 1 aromatic carbocycles. The van der Waals surface area contributed by atoms with Crippen molar-refractivity contribution in [3.63, 3.8) is 0 Å². The van der Waals surface area contributed by atoms with Crippen LogP contribution in [0.1, 0.15) is 17.5 Å². The molecule has 6 heteroatoms. The van der Waals surface area contributed by atoms with Gasteiger partial charge in [-0.05, 0) is 12.5 Å². The van der Waals surface area contributed by atoms with Gasteiger partial charge in [-0.3, -0.25) is 14.4 Å². The van der Waals surface area contributed by atoms with Crippen LogP contribution in [-0.2, 0) is 20.9 Å². The molecule has 1 heterocycles. The van der Waals surface area contributed by atoms with Crippen LogP contribution in [0.5, 0.6) is 0 Å². The molecule has 6 nitrogen and oxygen atoms in total. The van der Waals surface area contributed by atoms with E-state index < -0.39 is 0 Å². The number of carbonyl (C=O) groups is 3. The largest absolute Gasteiger partial charge is 0.358 e. The Bertz CT molecular complexity index is 569. The standard InChI is InChI=1S/C16H21N3O3/c1-11-3-5-12(6-4-11)9-19-10-13(7-15(19)21)16(22)18-8-14(20)17-2/h3-6,13H,7-10H2,1-2H3,(H,17,20)(H,18,22). The van der Waals surface area contributed by atoms with Crippen molar-refractivity contribution in [2.24, 2.45) is 5.92 Å². The molecule has 2 rings (SSSR count). The Morgan fingerprint density at radius 1 is 1.27 bits per heavy atom. The number of hydrogen-bond acceptors (Lipinski definition) is 3. The number of likely N-dealkylation sites (tertiary alicyclic amines) is 1. The fraction of sp³-hybridized carbons (Fsp3) is 0.438. The van der Waals surface area contributed by atoms with Gasteiger partial charge in [0, 0.05) is 26.6 Å². The first-order valence-corrected chi connectivity index (χ1v) is 7.31. The molecule has 0 bridgehead atoms. The van der Waals surface area contributed by atoms with Gasteiger partial charge < -0.3 is 15.5 Å². The first-order chi connectivity index (χ1) is 10.5. The number of aryl methyl sites for hydroxylation is 1. The molecule has 0 radical (unpaired) electrons. The maximum atomic E-state index is 12.0. The minimum atomic E-state index is -0.386. The van der Waals surface area contributed by atoms with Crippen molar-refractivity contribution in [1.82, 2.24) is 15.5 Å². The second kappa shape index (κ2) is 7.06. The van der Waals surface area contributed by atoms with Gasteiger partial charge in [-0.25, -0.2) is 0 Å². The second-order valence-corrected chi connectivity index (χ2v) is 5.55. The Hall–Kier alpha value is -2.37. The molecule has 1 aromatic rings. The van der Waals surface area contributed by atoms with E-state index in [0.29, 0.717) is 13.1 Å². The van der Waals surface area contributed by atoms with Gasteiger partial charge in [-0.15, -0.1) is 0 Å². The van der Waals surface area contributed by atoms with Crippen LogP contribution in [0.4, 0.5) is 0 Å². The van der Waals surface area contributed by atoms with Crippen LogP contribution in [-0.4, -0.2) is 42.8 Å². The van der Waals surface area contributed by atoms with E-state index in [4.69, 9.17) is 0 Å². The molecule has 0 aliphatic carbocycles. The summed E-state index contributed by atoms with van der Waals surface area (Å²) in [4.78, 5) is 36.8. The van der Waals surface area contributed by atoms with Crippen LogP contribution in [0.25, 0.3) is 0 Å². The number of amides is 3. The van der Waals surface area contributed by atoms with Gasteiger partial charge in [0.1, 0.15) is 0 Å². The topological polar surface area (TPSA) is 78.5 Å². The van der Waals surface area contributed by atoms with Crippen molar-refractivity contribution < 1.29 is 14.4 Å². The summed E-state index contributed by atoms with van der Waals surface area (Å²) in [5.74, 6) is -0.916. The Kier molecular flexibility index (Phi) is 5.14. The van der Waals surface area contributed by atoms with E-state index in [0.717, 1.165) is 5.56 Å². The van der Waals surface area contributed by atoms with Gasteiger partial charge in [0.25, 0.3) is 0 Å². The van der Waals surface area contributed by atoms with E-state index in [2.05, 4.69) is 10.6 Å². The van der Waals surface area contributed by atoms with Gasteiger partial charge in [-0.2, -0.15) is 0 Å². The van der Waals surface area contributed by atoms with Gasteiger partial charge in [0.2, 0.25) is 17.7 Å². The second-order valence-electron chi connectivity index (χ2n) is 5.55. The van der Waals surface area contributed by atoms with E-state index in [1.54, 1.807) is 4.90 Å². The quantitative estimate of drug-likeness (QED) is 0.816. The molecule has 1 aliphatic heterocycles. The van der Waals surface area contributed by atoms with Crippen LogP contribution in [0, 0.1) is 12.8 Å². The highest BCUT2D eigenvalue weighted by Gasteiger charge is 2.34. The zero-order chi connectivity index (χ0) is 16.1. The summed E-state index contributed by atoms with van der Waals surface area (Å²) in [6.07, 6.45) is 0.200. The van der Waals surface area contributed by atoms with Crippen molar-refractivity contribution in [2.75, 3.05) is 20.1 Å². The van der Waals surface area contributed by atoms with E-state index >= 15 is 0 Å². The maximum absolute atomic E-state index is 12.0. The molecule has 2 N–H and O–H groups in total. The molecule has 118 valence electrons. The molecular weight excluding hydrogens is 282 g/mol. The first kappa shape index (κ1) is 16.0. The molecule has 3 amide bonds. The van der Waals surface area contributed by atoms with E-state index in [-0.39, 0.29) is 36.6 Å². The lowest BCUT2D eigenvalue weighted by Crippen LogP contribution is -2.39. The molecule has 1 fully saturated rings. The van der Waals surface area contributed by atoms with E-state index in [1.165, 1.54) is 12.6 Å². The Labute approximate surface area is 129 Å². The summed E-state index contributed by atoms with van der Waals surface area (Å²) < 4.78 is 0. The summed E-state index contributed by atoms with van der Waals surface area (Å²) in [6.45, 7) is 2.86. The summed E-state index contributed by atoms with van der Waals surface area (Å²) in [5, 5.41) is 4.99. The van der Waals surface area contributed by atoms with Crippen LogP contribution in [0.15, 0.2) is 24.3 Å². The Morgan fingerprint density at radius 2 is 1.95 bits per heavy atom. The highest BCUT2D eigenvalue weighted by atomic mass is 16.2. The summed E-state index contributed by atoms with van der Waals surface area (Å²) in [7, 11) is 1.51. The maximum Gasteiger partial charge on any atom is 0.239 e. The number of carbonyl (C=O) groups excluding carboxylic acids is 3. The normalized spacial score (nSPS) is 17.5. The lowest BCUT2D eigenvalue weighted by atomic mass is 10.1. The lowest BCUT2D eigenvalue weighted by Gasteiger charge is -2.16. The zero-order valence-electron chi connectivity index (χ0n) is 12.9. The van der Waals surface area contributed by atoms with Crippen LogP contribution in [0.2, 0.25) is 0 Å². The monoisotopic (exact) mass is 303 g/mol. The number of nitrogens with one attached hydrogen (secondary N) is 2. The number of nitrogens with zero attached hydrogens (tertiary/aromatic N) is 1. The highest BCUT2D eigenvalue weighted by Crippen LogP contribution is 2.20. The molecule has 0 saturated carbocycles. The smallest absolute Gasteiger partial charge is 0.239 e. The third-order valence-electron chi connectivity index (χ3n) is 3.78.